The first kappa shape index (κ1) is 35.6. The van der Waals surface area contributed by atoms with Crippen molar-refractivity contribution in [2.45, 2.75) is 123 Å². The Morgan fingerprint density at radius 3 is 2.27 bits per heavy atom. The quantitative estimate of drug-likeness (QED) is 0.179. The Bertz CT molecular complexity index is 1520. The summed E-state index contributed by atoms with van der Waals surface area (Å²) in [6, 6.07) is 0. The molecule has 49 heavy (non-hydrogen) atoms. The van der Waals surface area contributed by atoms with Gasteiger partial charge in [-0.1, -0.05) is 40.0 Å². The van der Waals surface area contributed by atoms with Crippen molar-refractivity contribution < 1.29 is 52.7 Å². The van der Waals surface area contributed by atoms with E-state index in [1.165, 1.54) is 21.0 Å². The summed E-state index contributed by atoms with van der Waals surface area (Å²) in [4.78, 5) is 52.5. The van der Waals surface area contributed by atoms with E-state index in [-0.39, 0.29) is 30.6 Å². The highest BCUT2D eigenvalue weighted by atomic mass is 16.7. The molecule has 1 N–H and O–H groups in total. The van der Waals surface area contributed by atoms with Crippen LogP contribution in [0.1, 0.15) is 87.0 Å². The molecule has 11 nitrogen and oxygen atoms in total. The zero-order valence-corrected chi connectivity index (χ0v) is 30.1. The van der Waals surface area contributed by atoms with Gasteiger partial charge < -0.3 is 33.5 Å². The largest absolute Gasteiger partial charge is 0.493 e. The van der Waals surface area contributed by atoms with Gasteiger partial charge >= 0.3 is 23.9 Å². The van der Waals surface area contributed by atoms with Gasteiger partial charge in [0.15, 0.2) is 6.10 Å². The average Bonchev–Trinajstić information content (AvgIpc) is 3.82. The van der Waals surface area contributed by atoms with Crippen molar-refractivity contribution >= 4 is 23.9 Å². The van der Waals surface area contributed by atoms with Crippen LogP contribution in [0.2, 0.25) is 0 Å². The van der Waals surface area contributed by atoms with Crippen molar-refractivity contribution in [1.29, 1.82) is 0 Å². The summed E-state index contributed by atoms with van der Waals surface area (Å²) in [5, 5.41) is 13.4. The first-order valence-corrected chi connectivity index (χ1v) is 17.5. The van der Waals surface area contributed by atoms with Crippen LogP contribution in [0.15, 0.2) is 36.6 Å². The van der Waals surface area contributed by atoms with Crippen LogP contribution in [0.25, 0.3) is 0 Å². The monoisotopic (exact) mass is 684 g/mol. The van der Waals surface area contributed by atoms with E-state index in [0.717, 1.165) is 0 Å². The minimum Gasteiger partial charge on any atom is -0.493 e. The van der Waals surface area contributed by atoms with Crippen LogP contribution in [0.4, 0.5) is 0 Å². The third kappa shape index (κ3) is 4.45. The minimum atomic E-state index is -1.70. The average molecular weight is 685 g/mol. The Morgan fingerprint density at radius 1 is 1.02 bits per heavy atom. The van der Waals surface area contributed by atoms with Crippen molar-refractivity contribution in [1.82, 2.24) is 0 Å². The van der Waals surface area contributed by atoms with Crippen molar-refractivity contribution in [3.63, 3.8) is 0 Å². The molecule has 4 aliphatic carbocycles. The van der Waals surface area contributed by atoms with Crippen molar-refractivity contribution in [2.75, 3.05) is 13.7 Å². The van der Waals surface area contributed by atoms with Crippen LogP contribution >= 0.6 is 0 Å². The summed E-state index contributed by atoms with van der Waals surface area (Å²) in [6.45, 7) is 20.9. The van der Waals surface area contributed by atoms with E-state index >= 15 is 0 Å². The summed E-state index contributed by atoms with van der Waals surface area (Å²) in [5.41, 5.74) is -6.44. The second-order valence-corrected chi connectivity index (χ2v) is 16.1. The van der Waals surface area contributed by atoms with E-state index in [9.17, 15) is 24.3 Å². The first-order chi connectivity index (χ1) is 22.8. The van der Waals surface area contributed by atoms with Gasteiger partial charge in [0.1, 0.15) is 24.1 Å². The minimum absolute atomic E-state index is 0.103. The predicted molar refractivity (Wildman–Crippen MR) is 175 cm³/mol. The number of aliphatic hydroxyl groups is 1. The maximum Gasteiger partial charge on any atom is 0.342 e. The molecule has 0 radical (unpaired) electrons. The number of epoxide rings is 1. The van der Waals surface area contributed by atoms with Crippen LogP contribution in [-0.4, -0.2) is 78.3 Å². The fraction of sp³-hybridized carbons (Fsp3) is 0.737. The van der Waals surface area contributed by atoms with Crippen LogP contribution in [0.5, 0.6) is 0 Å². The summed E-state index contributed by atoms with van der Waals surface area (Å²) < 4.78 is 36.2. The van der Waals surface area contributed by atoms with E-state index in [1.807, 2.05) is 19.9 Å². The Morgan fingerprint density at radius 2 is 1.65 bits per heavy atom. The summed E-state index contributed by atoms with van der Waals surface area (Å²) in [6.07, 6.45) is 3.14. The normalized spacial score (nSPS) is 46.9. The standard InChI is InChI=1S/C38H52O11/c1-11-28(41)46-22(4)36-17-15-25-33(7,26(36)13-12-21(3)45-19-36)16-14-27-34(25,8)30(47-23(5)39)31(48-24(6)40)35(9)37(27,43)18-20(2)29-38(35,49-29)32(42)44-10/h12-13,22,25-27,29-31,43H,2-3,11,14-19H2,1,4-10H3/t22?,25?,26-,27?,29+,30+,31-,33+,34+,35+,36-,37+,38-/m0/s1. The van der Waals surface area contributed by atoms with Crippen molar-refractivity contribution in [2.24, 2.45) is 39.4 Å². The molecule has 6 aliphatic rings. The highest BCUT2D eigenvalue weighted by Gasteiger charge is 2.90. The number of carbonyl (C=O) groups is 4. The van der Waals surface area contributed by atoms with E-state index in [1.54, 1.807) is 13.8 Å². The lowest BCUT2D eigenvalue weighted by Gasteiger charge is -2.73. The van der Waals surface area contributed by atoms with Gasteiger partial charge in [-0.25, -0.2) is 4.79 Å². The summed E-state index contributed by atoms with van der Waals surface area (Å²) in [7, 11) is 1.25. The number of fused-ring (bicyclic) bond motifs is 9. The second-order valence-electron chi connectivity index (χ2n) is 16.1. The Labute approximate surface area is 288 Å². The number of carbonyl (C=O) groups excluding carboxylic acids is 4. The molecule has 5 fully saturated rings. The number of rotatable bonds is 6. The molecule has 270 valence electrons. The SMILES string of the molecule is C=C1C=C[C@@H]2[C@@](C(C)OC(=O)CC)(CCC3[C@]4(C)C(CC[C@]32C)[C@]2(O)CC(=C)[C@H]3O[C@@]3(C(=O)OC)[C@]2(C)[C@@H](OC(C)=O)[C@H]4OC(C)=O)CO1. The number of hydrogen-bond donors (Lipinski definition) is 1. The van der Waals surface area contributed by atoms with Gasteiger partial charge in [0.05, 0.1) is 24.7 Å². The molecule has 13 atom stereocenters. The van der Waals surface area contributed by atoms with Gasteiger partial charge in [0, 0.05) is 37.5 Å². The molecular weight excluding hydrogens is 632 g/mol. The van der Waals surface area contributed by atoms with Crippen molar-refractivity contribution in [3.05, 3.63) is 36.6 Å². The van der Waals surface area contributed by atoms with Gasteiger partial charge in [-0.15, -0.1) is 0 Å². The third-order valence-corrected chi connectivity index (χ3v) is 14.2. The van der Waals surface area contributed by atoms with Crippen LogP contribution in [-0.2, 0) is 47.6 Å². The maximum absolute atomic E-state index is 13.8. The van der Waals surface area contributed by atoms with E-state index in [4.69, 9.17) is 28.4 Å². The van der Waals surface area contributed by atoms with Crippen LogP contribution < -0.4 is 0 Å². The first-order valence-electron chi connectivity index (χ1n) is 17.5. The number of ether oxygens (including phenoxy) is 6. The molecule has 2 aliphatic heterocycles. The van der Waals surface area contributed by atoms with Gasteiger partial charge in [0.25, 0.3) is 0 Å². The molecule has 3 unspecified atom stereocenters. The fourth-order valence-electron chi connectivity index (χ4n) is 12.0. The lowest BCUT2D eigenvalue weighted by Crippen LogP contribution is -2.82. The number of hydrogen-bond acceptors (Lipinski definition) is 11. The molecular formula is C38H52O11. The smallest absolute Gasteiger partial charge is 0.342 e. The van der Waals surface area contributed by atoms with Gasteiger partial charge in [-0.05, 0) is 74.3 Å². The molecule has 0 amide bonds. The number of allylic oxidation sites excluding steroid dienone is 2. The Balaban J connectivity index is 1.56. The topological polar surface area (TPSA) is 147 Å². The molecule has 0 aromatic rings. The van der Waals surface area contributed by atoms with E-state index in [0.29, 0.717) is 43.6 Å². The van der Waals surface area contributed by atoms with E-state index < -0.39 is 81.1 Å². The van der Waals surface area contributed by atoms with Crippen LogP contribution in [0, 0.1) is 39.4 Å². The molecule has 0 aromatic carbocycles. The Hall–Kier alpha value is -3.18. The lowest BCUT2D eigenvalue weighted by atomic mass is 9.32. The lowest BCUT2D eigenvalue weighted by molar-refractivity contribution is -0.336. The van der Waals surface area contributed by atoms with Gasteiger partial charge in [-0.2, -0.15) is 0 Å². The third-order valence-electron chi connectivity index (χ3n) is 14.2. The zero-order chi connectivity index (χ0) is 36.1. The van der Waals surface area contributed by atoms with Crippen molar-refractivity contribution in [3.8, 4) is 0 Å². The van der Waals surface area contributed by atoms with Crippen LogP contribution in [0.3, 0.4) is 0 Å². The fourth-order valence-corrected chi connectivity index (χ4v) is 12.0. The molecule has 11 heteroatoms. The highest BCUT2D eigenvalue weighted by Crippen LogP contribution is 2.78. The number of esters is 4. The van der Waals surface area contributed by atoms with Gasteiger partial charge in [0.2, 0.25) is 5.60 Å². The molecule has 0 bridgehead atoms. The highest BCUT2D eigenvalue weighted by molar-refractivity contribution is 5.87. The zero-order valence-electron chi connectivity index (χ0n) is 30.1. The number of methoxy groups -OCH3 is 1. The second kappa shape index (κ2) is 11.4. The predicted octanol–water partition coefficient (Wildman–Crippen LogP) is 4.75. The molecule has 0 spiro atoms. The van der Waals surface area contributed by atoms with Gasteiger partial charge in [-0.3, -0.25) is 14.4 Å². The summed E-state index contributed by atoms with van der Waals surface area (Å²) >= 11 is 0. The molecule has 2 heterocycles. The molecule has 0 aromatic heterocycles. The Kier molecular flexibility index (Phi) is 8.30. The summed E-state index contributed by atoms with van der Waals surface area (Å²) in [5.74, 6) is -2.60. The molecule has 4 saturated carbocycles. The molecule has 1 saturated heterocycles. The maximum atomic E-state index is 13.8. The van der Waals surface area contributed by atoms with E-state index in [2.05, 4.69) is 26.2 Å². The molecule has 6 rings (SSSR count).